The average molecular weight is 343 g/mol. The molecule has 0 fully saturated rings. The van der Waals surface area contributed by atoms with Gasteiger partial charge in [-0.3, -0.25) is 9.59 Å². The van der Waals surface area contributed by atoms with Crippen molar-refractivity contribution in [3.63, 3.8) is 0 Å². The number of nitrogens with one attached hydrogen (secondary N) is 2. The Labute approximate surface area is 144 Å². The number of hydrogen-bond donors (Lipinski definition) is 3. The maximum Gasteiger partial charge on any atom is 0.329 e. The molecule has 3 N–H and O–H groups in total. The Balaban J connectivity index is 1.93. The van der Waals surface area contributed by atoms with E-state index >= 15 is 0 Å². The molecule has 25 heavy (non-hydrogen) atoms. The molecule has 0 unspecified atom stereocenters. The van der Waals surface area contributed by atoms with E-state index in [1.807, 2.05) is 0 Å². The molecule has 0 bridgehead atoms. The highest BCUT2D eigenvalue weighted by Gasteiger charge is 2.13. The first-order chi connectivity index (χ1) is 12.0. The van der Waals surface area contributed by atoms with Crippen LogP contribution in [0.15, 0.2) is 47.6 Å². The van der Waals surface area contributed by atoms with Crippen molar-refractivity contribution in [2.24, 2.45) is 5.10 Å². The Hall–Kier alpha value is -3.55. The summed E-state index contributed by atoms with van der Waals surface area (Å²) in [7, 11) is 2.92. The van der Waals surface area contributed by atoms with Gasteiger partial charge in [-0.25, -0.2) is 5.43 Å². The Morgan fingerprint density at radius 1 is 1.08 bits per heavy atom. The second kappa shape index (κ2) is 8.34. The van der Waals surface area contributed by atoms with Crippen molar-refractivity contribution in [2.45, 2.75) is 0 Å². The zero-order valence-corrected chi connectivity index (χ0v) is 13.6. The molecule has 0 aromatic heterocycles. The molecule has 0 atom stereocenters. The Morgan fingerprint density at radius 2 is 1.88 bits per heavy atom. The fourth-order valence-corrected chi connectivity index (χ4v) is 1.88. The molecule has 0 aliphatic carbocycles. The summed E-state index contributed by atoms with van der Waals surface area (Å²) < 4.78 is 10.00. The first-order valence-corrected chi connectivity index (χ1v) is 7.19. The molecule has 0 spiro atoms. The van der Waals surface area contributed by atoms with Gasteiger partial charge < -0.3 is 19.9 Å². The number of nitrogens with zero attached hydrogens (tertiary/aromatic N) is 1. The fourth-order valence-electron chi connectivity index (χ4n) is 1.88. The van der Waals surface area contributed by atoms with Gasteiger partial charge in [0, 0.05) is 11.8 Å². The predicted molar refractivity (Wildman–Crippen MR) is 92.0 cm³/mol. The van der Waals surface area contributed by atoms with Gasteiger partial charge in [0.1, 0.15) is 5.75 Å². The lowest BCUT2D eigenvalue weighted by Crippen LogP contribution is -2.32. The van der Waals surface area contributed by atoms with Gasteiger partial charge in [0.15, 0.2) is 11.5 Å². The van der Waals surface area contributed by atoms with E-state index in [9.17, 15) is 14.7 Å². The zero-order valence-electron chi connectivity index (χ0n) is 13.6. The molecule has 0 heterocycles. The summed E-state index contributed by atoms with van der Waals surface area (Å²) in [6.07, 6.45) is 1.32. The number of rotatable bonds is 5. The molecule has 2 amide bonds. The van der Waals surface area contributed by atoms with Gasteiger partial charge in [0.05, 0.1) is 20.4 Å². The van der Waals surface area contributed by atoms with Crippen molar-refractivity contribution in [3.05, 3.63) is 48.0 Å². The summed E-state index contributed by atoms with van der Waals surface area (Å²) in [4.78, 5) is 23.5. The molecule has 8 heteroatoms. The van der Waals surface area contributed by atoms with Gasteiger partial charge >= 0.3 is 11.8 Å². The monoisotopic (exact) mass is 343 g/mol. The predicted octanol–water partition coefficient (Wildman–Crippen LogP) is 1.50. The van der Waals surface area contributed by atoms with Crippen LogP contribution in [0.2, 0.25) is 0 Å². The molecule has 2 rings (SSSR count). The molecule has 130 valence electrons. The van der Waals surface area contributed by atoms with E-state index in [1.165, 1.54) is 32.6 Å². The van der Waals surface area contributed by atoms with Crippen molar-refractivity contribution >= 4 is 23.7 Å². The molecule has 2 aromatic rings. The van der Waals surface area contributed by atoms with Crippen LogP contribution >= 0.6 is 0 Å². The largest absolute Gasteiger partial charge is 0.504 e. The van der Waals surface area contributed by atoms with Crippen LogP contribution in [0.3, 0.4) is 0 Å². The molecule has 2 aromatic carbocycles. The van der Waals surface area contributed by atoms with Crippen molar-refractivity contribution in [1.82, 2.24) is 5.43 Å². The molecule has 8 nitrogen and oxygen atoms in total. The second-order valence-corrected chi connectivity index (χ2v) is 4.82. The SMILES string of the molecule is COc1cccc(NC(=O)C(=O)N/N=C\c2ccc(O)c(OC)c2)c1. The number of methoxy groups -OCH3 is 2. The molecular weight excluding hydrogens is 326 g/mol. The van der Waals surface area contributed by atoms with Crippen LogP contribution in [-0.2, 0) is 9.59 Å². The molecule has 0 saturated heterocycles. The minimum Gasteiger partial charge on any atom is -0.504 e. The molecule has 0 aliphatic heterocycles. The number of phenolic OH excluding ortho intramolecular Hbond substituents is 1. The van der Waals surface area contributed by atoms with E-state index < -0.39 is 11.8 Å². The summed E-state index contributed by atoms with van der Waals surface area (Å²) in [5.74, 6) is -0.983. The van der Waals surface area contributed by atoms with Crippen LogP contribution in [0.5, 0.6) is 17.2 Å². The van der Waals surface area contributed by atoms with Crippen molar-refractivity contribution in [2.75, 3.05) is 19.5 Å². The van der Waals surface area contributed by atoms with Gasteiger partial charge in [0.2, 0.25) is 0 Å². The van der Waals surface area contributed by atoms with Gasteiger partial charge in [-0.2, -0.15) is 5.10 Å². The maximum atomic E-state index is 11.8. The number of aromatic hydroxyl groups is 1. The molecule has 0 radical (unpaired) electrons. The zero-order chi connectivity index (χ0) is 18.2. The van der Waals surface area contributed by atoms with Gasteiger partial charge in [0.25, 0.3) is 0 Å². The number of amides is 2. The normalized spacial score (nSPS) is 10.3. The Morgan fingerprint density at radius 3 is 2.60 bits per heavy atom. The first-order valence-electron chi connectivity index (χ1n) is 7.19. The van der Waals surface area contributed by atoms with Crippen LogP contribution in [0.1, 0.15) is 5.56 Å². The fraction of sp³-hybridized carbons (Fsp3) is 0.118. The van der Waals surface area contributed by atoms with Crippen LogP contribution in [-0.4, -0.2) is 37.4 Å². The van der Waals surface area contributed by atoms with E-state index in [0.29, 0.717) is 17.0 Å². The number of hydrazone groups is 1. The van der Waals surface area contributed by atoms with E-state index in [4.69, 9.17) is 9.47 Å². The number of carbonyl (C=O) groups is 2. The minimum atomic E-state index is -0.926. The topological polar surface area (TPSA) is 109 Å². The minimum absolute atomic E-state index is 0.0126. The average Bonchev–Trinajstić information content (AvgIpc) is 2.63. The summed E-state index contributed by atoms with van der Waals surface area (Å²) >= 11 is 0. The third kappa shape index (κ3) is 4.96. The smallest absolute Gasteiger partial charge is 0.329 e. The quantitative estimate of drug-likeness (QED) is 0.433. The summed E-state index contributed by atoms with van der Waals surface area (Å²) in [5, 5.41) is 15.6. The highest BCUT2D eigenvalue weighted by Crippen LogP contribution is 2.25. The van der Waals surface area contributed by atoms with Crippen LogP contribution in [0.25, 0.3) is 0 Å². The third-order valence-electron chi connectivity index (χ3n) is 3.12. The number of ether oxygens (including phenoxy) is 2. The van der Waals surface area contributed by atoms with E-state index in [1.54, 1.807) is 30.3 Å². The van der Waals surface area contributed by atoms with Crippen molar-refractivity contribution in [1.29, 1.82) is 0 Å². The number of benzene rings is 2. The maximum absolute atomic E-state index is 11.8. The summed E-state index contributed by atoms with van der Waals surface area (Å²) in [5.41, 5.74) is 3.11. The molecule has 0 saturated carbocycles. The van der Waals surface area contributed by atoms with Crippen molar-refractivity contribution in [3.8, 4) is 17.2 Å². The van der Waals surface area contributed by atoms with Crippen LogP contribution < -0.4 is 20.2 Å². The number of anilines is 1. The van der Waals surface area contributed by atoms with E-state index in [2.05, 4.69) is 15.8 Å². The van der Waals surface area contributed by atoms with Crippen molar-refractivity contribution < 1.29 is 24.2 Å². The number of phenols is 1. The summed E-state index contributed by atoms with van der Waals surface area (Å²) in [6, 6.07) is 11.1. The van der Waals surface area contributed by atoms with Gasteiger partial charge in [-0.15, -0.1) is 0 Å². The second-order valence-electron chi connectivity index (χ2n) is 4.82. The van der Waals surface area contributed by atoms with E-state index in [0.717, 1.165) is 0 Å². The Bertz CT molecular complexity index is 805. The van der Waals surface area contributed by atoms with E-state index in [-0.39, 0.29) is 11.5 Å². The van der Waals surface area contributed by atoms with Crippen LogP contribution in [0.4, 0.5) is 5.69 Å². The lowest BCUT2D eigenvalue weighted by Gasteiger charge is -2.06. The lowest BCUT2D eigenvalue weighted by molar-refractivity contribution is -0.136. The Kier molecular flexibility index (Phi) is 5.94. The molecule has 0 aliphatic rings. The van der Waals surface area contributed by atoms with Gasteiger partial charge in [-0.05, 0) is 35.9 Å². The number of carbonyl (C=O) groups excluding carboxylic acids is 2. The molecular formula is C17H17N3O5. The van der Waals surface area contributed by atoms with Crippen LogP contribution in [0, 0.1) is 0 Å². The summed E-state index contributed by atoms with van der Waals surface area (Å²) in [6.45, 7) is 0. The van der Waals surface area contributed by atoms with Gasteiger partial charge in [-0.1, -0.05) is 6.07 Å². The number of hydrogen-bond acceptors (Lipinski definition) is 6. The highest BCUT2D eigenvalue weighted by atomic mass is 16.5. The first kappa shape index (κ1) is 17.8. The lowest BCUT2D eigenvalue weighted by atomic mass is 10.2. The third-order valence-corrected chi connectivity index (χ3v) is 3.12. The standard InChI is InChI=1S/C17H17N3O5/c1-24-13-5-3-4-12(9-13)19-16(22)17(23)20-18-10-11-6-7-14(21)15(8-11)25-2/h3-10,21H,1-2H3,(H,19,22)(H,20,23)/b18-10-. The highest BCUT2D eigenvalue weighted by molar-refractivity contribution is 6.39.